The molecule has 80 valence electrons. The second-order valence-electron chi connectivity index (χ2n) is 4.53. The maximum Gasteiger partial charge on any atom is 0.309 e. The zero-order valence-corrected chi connectivity index (χ0v) is 8.49. The Morgan fingerprint density at radius 2 is 1.93 bits per heavy atom. The number of carboxylic acids is 2. The Bertz CT molecular complexity index is 261. The van der Waals surface area contributed by atoms with Gasteiger partial charge in [-0.3, -0.25) is 9.59 Å². The van der Waals surface area contributed by atoms with Gasteiger partial charge in [0.25, 0.3) is 0 Å². The zero-order chi connectivity index (χ0) is 10.9. The Morgan fingerprint density at radius 3 is 2.29 bits per heavy atom. The molecule has 4 nitrogen and oxygen atoms in total. The number of carbonyl (C=O) groups is 2. The van der Waals surface area contributed by atoms with Gasteiger partial charge in [-0.05, 0) is 32.1 Å². The Hall–Kier alpha value is -1.06. The third-order valence-corrected chi connectivity index (χ3v) is 3.30. The van der Waals surface area contributed by atoms with Gasteiger partial charge in [-0.25, -0.2) is 0 Å². The molecule has 0 spiro atoms. The predicted molar refractivity (Wildman–Crippen MR) is 49.9 cm³/mol. The molecule has 14 heavy (non-hydrogen) atoms. The second-order valence-corrected chi connectivity index (χ2v) is 4.53. The SMILES string of the molecule is CC1CC(C)(C(=O)O)CCC1C(=O)O. The third kappa shape index (κ3) is 1.89. The lowest BCUT2D eigenvalue weighted by molar-refractivity contribution is -0.156. The van der Waals surface area contributed by atoms with Gasteiger partial charge in [-0.1, -0.05) is 6.92 Å². The van der Waals surface area contributed by atoms with Crippen molar-refractivity contribution in [2.45, 2.75) is 33.1 Å². The van der Waals surface area contributed by atoms with Crippen molar-refractivity contribution in [3.63, 3.8) is 0 Å². The molecule has 1 aliphatic rings. The van der Waals surface area contributed by atoms with E-state index in [1.54, 1.807) is 6.92 Å². The summed E-state index contributed by atoms with van der Waals surface area (Å²) in [6, 6.07) is 0. The van der Waals surface area contributed by atoms with Crippen LogP contribution in [0.25, 0.3) is 0 Å². The number of rotatable bonds is 2. The van der Waals surface area contributed by atoms with E-state index in [-0.39, 0.29) is 11.8 Å². The molecule has 0 bridgehead atoms. The normalized spacial score (nSPS) is 37.9. The molecule has 1 aliphatic carbocycles. The van der Waals surface area contributed by atoms with E-state index in [2.05, 4.69) is 0 Å². The van der Waals surface area contributed by atoms with Crippen LogP contribution < -0.4 is 0 Å². The minimum Gasteiger partial charge on any atom is -0.481 e. The average molecular weight is 200 g/mol. The largest absolute Gasteiger partial charge is 0.481 e. The average Bonchev–Trinajstić information content (AvgIpc) is 2.02. The van der Waals surface area contributed by atoms with E-state index in [1.807, 2.05) is 6.92 Å². The van der Waals surface area contributed by atoms with Crippen molar-refractivity contribution in [3.05, 3.63) is 0 Å². The monoisotopic (exact) mass is 200 g/mol. The standard InChI is InChI=1S/C10H16O4/c1-6-5-10(2,9(13)14)4-3-7(6)8(11)12/h6-7H,3-5H2,1-2H3,(H,11,12)(H,13,14). The molecule has 0 aliphatic heterocycles. The molecular weight excluding hydrogens is 184 g/mol. The van der Waals surface area contributed by atoms with Gasteiger partial charge < -0.3 is 10.2 Å². The first-order valence-corrected chi connectivity index (χ1v) is 4.83. The summed E-state index contributed by atoms with van der Waals surface area (Å²) in [5, 5.41) is 17.9. The van der Waals surface area contributed by atoms with Crippen LogP contribution in [-0.4, -0.2) is 22.2 Å². The summed E-state index contributed by atoms with van der Waals surface area (Å²) in [5.74, 6) is -2.04. The maximum absolute atomic E-state index is 11.0. The van der Waals surface area contributed by atoms with Gasteiger partial charge >= 0.3 is 11.9 Å². The molecule has 0 amide bonds. The number of aliphatic carboxylic acids is 2. The van der Waals surface area contributed by atoms with Crippen LogP contribution in [0.15, 0.2) is 0 Å². The lowest BCUT2D eigenvalue weighted by atomic mass is 9.67. The van der Waals surface area contributed by atoms with Crippen molar-refractivity contribution < 1.29 is 19.8 Å². The molecule has 0 saturated heterocycles. The smallest absolute Gasteiger partial charge is 0.309 e. The Morgan fingerprint density at radius 1 is 1.36 bits per heavy atom. The molecule has 0 heterocycles. The number of carboxylic acid groups (broad SMARTS) is 2. The summed E-state index contributed by atoms with van der Waals surface area (Å²) < 4.78 is 0. The zero-order valence-electron chi connectivity index (χ0n) is 8.49. The van der Waals surface area contributed by atoms with E-state index in [4.69, 9.17) is 10.2 Å². The summed E-state index contributed by atoms with van der Waals surface area (Å²) in [5.41, 5.74) is -0.731. The summed E-state index contributed by atoms with van der Waals surface area (Å²) in [4.78, 5) is 21.7. The lowest BCUT2D eigenvalue weighted by Gasteiger charge is -2.36. The molecule has 2 N–H and O–H groups in total. The van der Waals surface area contributed by atoms with Crippen molar-refractivity contribution in [2.75, 3.05) is 0 Å². The molecule has 0 aromatic carbocycles. The first kappa shape index (κ1) is 11.0. The third-order valence-electron chi connectivity index (χ3n) is 3.30. The molecule has 1 saturated carbocycles. The molecule has 0 aromatic rings. The highest BCUT2D eigenvalue weighted by Gasteiger charge is 2.43. The van der Waals surface area contributed by atoms with Crippen LogP contribution in [0.3, 0.4) is 0 Å². The van der Waals surface area contributed by atoms with E-state index >= 15 is 0 Å². The van der Waals surface area contributed by atoms with Gasteiger partial charge in [-0.15, -0.1) is 0 Å². The molecule has 1 rings (SSSR count). The maximum atomic E-state index is 11.0. The summed E-state index contributed by atoms with van der Waals surface area (Å²) in [7, 11) is 0. The van der Waals surface area contributed by atoms with Crippen LogP contribution in [-0.2, 0) is 9.59 Å². The lowest BCUT2D eigenvalue weighted by Crippen LogP contribution is -2.39. The van der Waals surface area contributed by atoms with Crippen LogP contribution in [0.1, 0.15) is 33.1 Å². The molecule has 4 heteroatoms. The Kier molecular flexibility index (Phi) is 2.83. The van der Waals surface area contributed by atoms with Crippen molar-refractivity contribution in [2.24, 2.45) is 17.3 Å². The van der Waals surface area contributed by atoms with Crippen molar-refractivity contribution >= 4 is 11.9 Å². The first-order chi connectivity index (χ1) is 6.37. The van der Waals surface area contributed by atoms with E-state index < -0.39 is 17.4 Å². The van der Waals surface area contributed by atoms with E-state index in [9.17, 15) is 9.59 Å². The van der Waals surface area contributed by atoms with Gasteiger partial charge in [-0.2, -0.15) is 0 Å². The Labute approximate surface area is 82.9 Å². The number of hydrogen-bond acceptors (Lipinski definition) is 2. The topological polar surface area (TPSA) is 74.6 Å². The van der Waals surface area contributed by atoms with Crippen molar-refractivity contribution in [3.8, 4) is 0 Å². The highest BCUT2D eigenvalue weighted by molar-refractivity contribution is 5.75. The van der Waals surface area contributed by atoms with E-state index in [0.717, 1.165) is 0 Å². The summed E-state index contributed by atoms with van der Waals surface area (Å²) in [6.07, 6.45) is 1.39. The van der Waals surface area contributed by atoms with E-state index in [1.165, 1.54) is 0 Å². The van der Waals surface area contributed by atoms with Gasteiger partial charge in [0.05, 0.1) is 11.3 Å². The van der Waals surface area contributed by atoms with Crippen LogP contribution in [0.4, 0.5) is 0 Å². The van der Waals surface area contributed by atoms with Gasteiger partial charge in [0.15, 0.2) is 0 Å². The highest BCUT2D eigenvalue weighted by atomic mass is 16.4. The van der Waals surface area contributed by atoms with Crippen LogP contribution >= 0.6 is 0 Å². The van der Waals surface area contributed by atoms with E-state index in [0.29, 0.717) is 19.3 Å². The van der Waals surface area contributed by atoms with Crippen LogP contribution in [0, 0.1) is 17.3 Å². The fourth-order valence-electron chi connectivity index (χ4n) is 2.27. The summed E-state index contributed by atoms with van der Waals surface area (Å²) in [6.45, 7) is 3.52. The quantitative estimate of drug-likeness (QED) is 0.710. The first-order valence-electron chi connectivity index (χ1n) is 4.83. The molecule has 3 unspecified atom stereocenters. The van der Waals surface area contributed by atoms with Crippen LogP contribution in [0.5, 0.6) is 0 Å². The predicted octanol–water partition coefficient (Wildman–Crippen LogP) is 1.60. The van der Waals surface area contributed by atoms with Gasteiger partial charge in [0, 0.05) is 0 Å². The van der Waals surface area contributed by atoms with Gasteiger partial charge in [0.2, 0.25) is 0 Å². The van der Waals surface area contributed by atoms with Crippen molar-refractivity contribution in [1.29, 1.82) is 0 Å². The summed E-state index contributed by atoms with van der Waals surface area (Å²) >= 11 is 0. The molecule has 1 fully saturated rings. The fraction of sp³-hybridized carbons (Fsp3) is 0.800. The van der Waals surface area contributed by atoms with Gasteiger partial charge in [0.1, 0.15) is 0 Å². The fourth-order valence-corrected chi connectivity index (χ4v) is 2.27. The number of hydrogen-bond donors (Lipinski definition) is 2. The van der Waals surface area contributed by atoms with Crippen LogP contribution in [0.2, 0.25) is 0 Å². The molecule has 0 radical (unpaired) electrons. The Balaban J connectivity index is 2.72. The van der Waals surface area contributed by atoms with Crippen molar-refractivity contribution in [1.82, 2.24) is 0 Å². The molecular formula is C10H16O4. The minimum absolute atomic E-state index is 0.0534. The highest BCUT2D eigenvalue weighted by Crippen LogP contribution is 2.42. The minimum atomic E-state index is -0.812. The molecule has 0 aromatic heterocycles. The molecule has 3 atom stereocenters. The second kappa shape index (κ2) is 3.59.